The minimum Gasteiger partial charge on any atom is -0.444 e. The number of carbonyl (C=O) groups is 1. The maximum Gasteiger partial charge on any atom is 0.410 e. The molecular weight excluding hydrogens is 431 g/mol. The van der Waals surface area contributed by atoms with Gasteiger partial charge in [0.25, 0.3) is 0 Å². The number of carbonyl (C=O) groups excluding carboxylic acids is 1. The molecule has 0 unspecified atom stereocenters. The van der Waals surface area contributed by atoms with E-state index in [0.29, 0.717) is 12.5 Å². The third kappa shape index (κ3) is 7.58. The Balaban J connectivity index is 0.00000312. The number of ether oxygens (including phenoxy) is 1. The summed E-state index contributed by atoms with van der Waals surface area (Å²) in [6.45, 7) is 11.0. The second-order valence-corrected chi connectivity index (χ2v) is 8.66. The van der Waals surface area contributed by atoms with Crippen molar-refractivity contribution in [2.24, 2.45) is 22.1 Å². The lowest BCUT2D eigenvalue weighted by molar-refractivity contribution is 0.0127. The fraction of sp³-hybridized carbons (Fsp3) is 0.889. The largest absolute Gasteiger partial charge is 0.444 e. The Bertz CT molecular complexity index is 464. The molecule has 7 heteroatoms. The fourth-order valence-electron chi connectivity index (χ4n) is 2.99. The average molecular weight is 466 g/mol. The summed E-state index contributed by atoms with van der Waals surface area (Å²) < 4.78 is 5.44. The van der Waals surface area contributed by atoms with Crippen molar-refractivity contribution in [1.29, 1.82) is 0 Å². The standard InChI is InChI=1S/C18H34N4O2.HI/c1-17(2,3)24-16(23)22-10-8-18(4,9-11-22)13-21-15(19)20-12-14-6-5-7-14;/h14H,5-13H2,1-4H3,(H3,19,20,21);1H. The molecule has 1 heterocycles. The summed E-state index contributed by atoms with van der Waals surface area (Å²) in [5.41, 5.74) is 5.63. The van der Waals surface area contributed by atoms with Crippen molar-refractivity contribution in [2.45, 2.75) is 65.4 Å². The summed E-state index contributed by atoms with van der Waals surface area (Å²) in [4.78, 5) is 18.4. The monoisotopic (exact) mass is 466 g/mol. The van der Waals surface area contributed by atoms with E-state index in [-0.39, 0.29) is 35.5 Å². The van der Waals surface area contributed by atoms with Crippen molar-refractivity contribution in [3.63, 3.8) is 0 Å². The van der Waals surface area contributed by atoms with Crippen molar-refractivity contribution >= 4 is 36.0 Å². The molecule has 0 aromatic heterocycles. The lowest BCUT2D eigenvalue weighted by atomic mass is 9.80. The van der Waals surface area contributed by atoms with E-state index in [4.69, 9.17) is 10.5 Å². The number of nitrogens with two attached hydrogens (primary N) is 1. The predicted octanol–water partition coefficient (Wildman–Crippen LogP) is 3.35. The van der Waals surface area contributed by atoms with Crippen LogP contribution in [0.15, 0.2) is 4.99 Å². The number of rotatable bonds is 4. The molecule has 25 heavy (non-hydrogen) atoms. The van der Waals surface area contributed by atoms with E-state index in [1.165, 1.54) is 19.3 Å². The van der Waals surface area contributed by atoms with Crippen LogP contribution in [0.25, 0.3) is 0 Å². The highest BCUT2D eigenvalue weighted by molar-refractivity contribution is 14.0. The molecule has 0 aromatic rings. The number of aliphatic imine (C=N–C) groups is 1. The molecule has 2 fully saturated rings. The highest BCUT2D eigenvalue weighted by atomic mass is 127. The first-order valence-corrected chi connectivity index (χ1v) is 9.19. The van der Waals surface area contributed by atoms with Crippen LogP contribution in [0.4, 0.5) is 4.79 Å². The van der Waals surface area contributed by atoms with Crippen LogP contribution in [0.2, 0.25) is 0 Å². The lowest BCUT2D eigenvalue weighted by Gasteiger charge is -2.39. The first kappa shape index (κ1) is 22.3. The Morgan fingerprint density at radius 3 is 2.40 bits per heavy atom. The van der Waals surface area contributed by atoms with Crippen molar-refractivity contribution in [3.8, 4) is 0 Å². The number of hydrogen-bond acceptors (Lipinski definition) is 3. The summed E-state index contributed by atoms with van der Waals surface area (Å²) in [5, 5.41) is 3.24. The SMILES string of the molecule is CC1(CN=C(N)NCC2CCC2)CCN(C(=O)OC(C)(C)C)CC1.I. The molecule has 6 nitrogen and oxygen atoms in total. The molecule has 1 saturated heterocycles. The second-order valence-electron chi connectivity index (χ2n) is 8.66. The minimum atomic E-state index is -0.442. The summed E-state index contributed by atoms with van der Waals surface area (Å²) in [7, 11) is 0. The van der Waals surface area contributed by atoms with Gasteiger partial charge >= 0.3 is 6.09 Å². The minimum absolute atomic E-state index is 0. The lowest BCUT2D eigenvalue weighted by Crippen LogP contribution is -2.45. The smallest absolute Gasteiger partial charge is 0.410 e. The van der Waals surface area contributed by atoms with Crippen molar-refractivity contribution in [2.75, 3.05) is 26.2 Å². The molecule has 1 aliphatic carbocycles. The Labute approximate surface area is 169 Å². The van der Waals surface area contributed by atoms with Gasteiger partial charge < -0.3 is 20.7 Å². The second kappa shape index (κ2) is 9.28. The molecule has 1 aliphatic heterocycles. The topological polar surface area (TPSA) is 80.0 Å². The average Bonchev–Trinajstić information content (AvgIpc) is 2.42. The summed E-state index contributed by atoms with van der Waals surface area (Å²) in [6.07, 6.45) is 5.58. The van der Waals surface area contributed by atoms with Gasteiger partial charge in [0.1, 0.15) is 5.60 Å². The molecular formula is C18H35IN4O2. The van der Waals surface area contributed by atoms with E-state index in [2.05, 4.69) is 17.2 Å². The van der Waals surface area contributed by atoms with Gasteiger partial charge in [0, 0.05) is 26.2 Å². The van der Waals surface area contributed by atoms with E-state index in [9.17, 15) is 4.79 Å². The number of likely N-dealkylation sites (tertiary alicyclic amines) is 1. The molecule has 0 atom stereocenters. The van der Waals surface area contributed by atoms with E-state index in [1.54, 1.807) is 4.90 Å². The Morgan fingerprint density at radius 2 is 1.92 bits per heavy atom. The van der Waals surface area contributed by atoms with Gasteiger partial charge in [-0.15, -0.1) is 24.0 Å². The van der Waals surface area contributed by atoms with Gasteiger partial charge in [0.15, 0.2) is 5.96 Å². The molecule has 146 valence electrons. The number of hydrogen-bond donors (Lipinski definition) is 2. The molecule has 0 radical (unpaired) electrons. The van der Waals surface area contributed by atoms with Gasteiger partial charge in [0.2, 0.25) is 0 Å². The van der Waals surface area contributed by atoms with E-state index in [0.717, 1.165) is 38.4 Å². The molecule has 0 aromatic carbocycles. The Kier molecular flexibility index (Phi) is 8.28. The third-order valence-corrected chi connectivity index (χ3v) is 5.05. The summed E-state index contributed by atoms with van der Waals surface area (Å²) in [5.74, 6) is 1.32. The summed E-state index contributed by atoms with van der Waals surface area (Å²) >= 11 is 0. The molecule has 1 amide bonds. The molecule has 2 aliphatic rings. The van der Waals surface area contributed by atoms with Gasteiger partial charge in [0.05, 0.1) is 0 Å². The molecule has 3 N–H and O–H groups in total. The summed E-state index contributed by atoms with van der Waals surface area (Å²) in [6, 6.07) is 0. The van der Waals surface area contributed by atoms with Crippen molar-refractivity contribution < 1.29 is 9.53 Å². The maximum atomic E-state index is 12.1. The Hall–Kier alpha value is -0.730. The van der Waals surface area contributed by atoms with Crippen LogP contribution in [0, 0.1) is 11.3 Å². The van der Waals surface area contributed by atoms with Gasteiger partial charge in [-0.3, -0.25) is 4.99 Å². The van der Waals surface area contributed by atoms with Gasteiger partial charge in [-0.05, 0) is 57.8 Å². The van der Waals surface area contributed by atoms with Gasteiger partial charge in [-0.25, -0.2) is 4.79 Å². The number of nitrogens with zero attached hydrogens (tertiary/aromatic N) is 2. The van der Waals surface area contributed by atoms with Crippen LogP contribution in [0.1, 0.15) is 59.8 Å². The van der Waals surface area contributed by atoms with Gasteiger partial charge in [-0.2, -0.15) is 0 Å². The quantitative estimate of drug-likeness (QED) is 0.379. The number of piperidine rings is 1. The van der Waals surface area contributed by atoms with E-state index < -0.39 is 5.60 Å². The maximum absolute atomic E-state index is 12.1. The first-order chi connectivity index (χ1) is 11.2. The van der Waals surface area contributed by atoms with Crippen LogP contribution < -0.4 is 11.1 Å². The highest BCUT2D eigenvalue weighted by Crippen LogP contribution is 2.31. The fourth-order valence-corrected chi connectivity index (χ4v) is 2.99. The zero-order valence-corrected chi connectivity index (χ0v) is 18.5. The van der Waals surface area contributed by atoms with Gasteiger partial charge in [-0.1, -0.05) is 13.3 Å². The van der Waals surface area contributed by atoms with Crippen LogP contribution in [0.5, 0.6) is 0 Å². The number of nitrogens with one attached hydrogen (secondary N) is 1. The predicted molar refractivity (Wildman–Crippen MR) is 112 cm³/mol. The zero-order chi connectivity index (χ0) is 17.8. The van der Waals surface area contributed by atoms with Crippen LogP contribution in [-0.2, 0) is 4.74 Å². The Morgan fingerprint density at radius 1 is 1.32 bits per heavy atom. The van der Waals surface area contributed by atoms with Crippen LogP contribution >= 0.6 is 24.0 Å². The molecule has 2 rings (SSSR count). The van der Waals surface area contributed by atoms with Crippen molar-refractivity contribution in [1.82, 2.24) is 10.2 Å². The third-order valence-electron chi connectivity index (χ3n) is 5.05. The van der Waals surface area contributed by atoms with Crippen LogP contribution in [-0.4, -0.2) is 48.7 Å². The van der Waals surface area contributed by atoms with E-state index in [1.807, 2.05) is 20.8 Å². The number of guanidine groups is 1. The molecule has 1 saturated carbocycles. The number of halogens is 1. The highest BCUT2D eigenvalue weighted by Gasteiger charge is 2.33. The number of amides is 1. The van der Waals surface area contributed by atoms with Crippen LogP contribution in [0.3, 0.4) is 0 Å². The first-order valence-electron chi connectivity index (χ1n) is 9.19. The van der Waals surface area contributed by atoms with Crippen molar-refractivity contribution in [3.05, 3.63) is 0 Å². The normalized spacial score (nSPS) is 21.1. The van der Waals surface area contributed by atoms with E-state index >= 15 is 0 Å². The molecule has 0 bridgehead atoms. The zero-order valence-electron chi connectivity index (χ0n) is 16.1. The molecule has 0 spiro atoms.